The third-order valence-electron chi connectivity index (χ3n) is 4.10. The first-order valence-corrected chi connectivity index (χ1v) is 7.05. The number of nitrogens with two attached hydrogens (primary N) is 1. The molecule has 0 bridgehead atoms. The average Bonchev–Trinajstić information content (AvgIpc) is 2.93. The highest BCUT2D eigenvalue weighted by atomic mass is 35.5. The predicted molar refractivity (Wildman–Crippen MR) is 79.3 cm³/mol. The first-order valence-electron chi connectivity index (χ1n) is 6.67. The lowest BCUT2D eigenvalue weighted by Gasteiger charge is -2.25. The van der Waals surface area contributed by atoms with Gasteiger partial charge in [-0.1, -0.05) is 11.6 Å². The van der Waals surface area contributed by atoms with Gasteiger partial charge in [-0.25, -0.2) is 0 Å². The molecule has 21 heavy (non-hydrogen) atoms. The summed E-state index contributed by atoms with van der Waals surface area (Å²) in [5.41, 5.74) is 7.15. The fourth-order valence-corrected chi connectivity index (χ4v) is 2.74. The van der Waals surface area contributed by atoms with Crippen molar-refractivity contribution in [1.29, 1.82) is 0 Å². The van der Waals surface area contributed by atoms with Crippen LogP contribution in [0.4, 0.5) is 11.4 Å². The van der Waals surface area contributed by atoms with E-state index in [1.807, 2.05) is 0 Å². The van der Waals surface area contributed by atoms with Crippen LogP contribution in [0.2, 0.25) is 5.02 Å². The Morgan fingerprint density at radius 1 is 1.57 bits per heavy atom. The van der Waals surface area contributed by atoms with Crippen LogP contribution in [-0.4, -0.2) is 31.1 Å². The number of hydrogen-bond donors (Lipinski definition) is 3. The molecule has 0 aliphatic carbocycles. The summed E-state index contributed by atoms with van der Waals surface area (Å²) in [4.78, 5) is 23.8. The van der Waals surface area contributed by atoms with Crippen molar-refractivity contribution in [3.63, 3.8) is 0 Å². The number of hydrogen-bond acceptors (Lipinski definition) is 4. The lowest BCUT2D eigenvalue weighted by Crippen LogP contribution is -2.47. The highest BCUT2D eigenvalue weighted by Crippen LogP contribution is 2.35. The van der Waals surface area contributed by atoms with Crippen molar-refractivity contribution in [3.8, 4) is 0 Å². The Labute approximate surface area is 127 Å². The quantitative estimate of drug-likeness (QED) is 0.763. The SMILES string of the molecule is CC1(C(=O)Nc2cc3c(cc2Cl)NC(=O)C3)COCC1N. The number of nitrogens with one attached hydrogen (secondary N) is 2. The van der Waals surface area contributed by atoms with Crippen molar-refractivity contribution in [1.82, 2.24) is 0 Å². The highest BCUT2D eigenvalue weighted by molar-refractivity contribution is 6.34. The fraction of sp³-hybridized carbons (Fsp3) is 0.429. The van der Waals surface area contributed by atoms with E-state index in [4.69, 9.17) is 22.1 Å². The summed E-state index contributed by atoms with van der Waals surface area (Å²) >= 11 is 6.16. The van der Waals surface area contributed by atoms with Crippen molar-refractivity contribution in [2.75, 3.05) is 23.8 Å². The summed E-state index contributed by atoms with van der Waals surface area (Å²) in [5.74, 6) is -0.311. The van der Waals surface area contributed by atoms with Crippen molar-refractivity contribution in [2.24, 2.45) is 11.1 Å². The molecular weight excluding hydrogens is 294 g/mol. The zero-order valence-corrected chi connectivity index (χ0v) is 12.3. The summed E-state index contributed by atoms with van der Waals surface area (Å²) in [7, 11) is 0. The Kier molecular flexibility index (Phi) is 3.39. The number of amides is 2. The van der Waals surface area contributed by atoms with E-state index in [2.05, 4.69) is 10.6 Å². The molecule has 112 valence electrons. The van der Waals surface area contributed by atoms with Gasteiger partial charge in [0, 0.05) is 11.7 Å². The maximum Gasteiger partial charge on any atom is 0.234 e. The van der Waals surface area contributed by atoms with Crippen LogP contribution in [0.15, 0.2) is 12.1 Å². The van der Waals surface area contributed by atoms with Crippen molar-refractivity contribution in [2.45, 2.75) is 19.4 Å². The number of halogens is 1. The van der Waals surface area contributed by atoms with Crippen molar-refractivity contribution >= 4 is 34.8 Å². The van der Waals surface area contributed by atoms with Gasteiger partial charge in [0.05, 0.1) is 35.8 Å². The Morgan fingerprint density at radius 2 is 2.33 bits per heavy atom. The molecule has 1 aromatic rings. The second-order valence-electron chi connectivity index (χ2n) is 5.71. The van der Waals surface area contributed by atoms with E-state index >= 15 is 0 Å². The zero-order chi connectivity index (χ0) is 15.2. The van der Waals surface area contributed by atoms with Crippen LogP contribution >= 0.6 is 11.6 Å². The number of fused-ring (bicyclic) bond motifs is 1. The van der Waals surface area contributed by atoms with E-state index < -0.39 is 5.41 Å². The highest BCUT2D eigenvalue weighted by Gasteiger charge is 2.44. The van der Waals surface area contributed by atoms with E-state index in [1.165, 1.54) is 0 Å². The van der Waals surface area contributed by atoms with E-state index in [0.29, 0.717) is 23.0 Å². The lowest BCUT2D eigenvalue weighted by molar-refractivity contribution is -0.125. The van der Waals surface area contributed by atoms with Gasteiger partial charge in [-0.05, 0) is 24.6 Å². The molecule has 2 aliphatic heterocycles. The van der Waals surface area contributed by atoms with Crippen LogP contribution in [-0.2, 0) is 20.7 Å². The Balaban J connectivity index is 1.84. The largest absolute Gasteiger partial charge is 0.379 e. The number of ether oxygens (including phenoxy) is 1. The predicted octanol–water partition coefficient (Wildman–Crippen LogP) is 1.14. The summed E-state index contributed by atoms with van der Waals surface area (Å²) in [5, 5.41) is 5.89. The van der Waals surface area contributed by atoms with Gasteiger partial charge in [0.25, 0.3) is 0 Å². The van der Waals surface area contributed by atoms with Crippen LogP contribution in [0.1, 0.15) is 12.5 Å². The topological polar surface area (TPSA) is 93.5 Å². The van der Waals surface area contributed by atoms with Gasteiger partial charge < -0.3 is 21.1 Å². The van der Waals surface area contributed by atoms with Gasteiger partial charge in [-0.2, -0.15) is 0 Å². The molecule has 0 spiro atoms. The molecule has 2 heterocycles. The molecule has 1 fully saturated rings. The smallest absolute Gasteiger partial charge is 0.234 e. The Bertz CT molecular complexity index is 634. The molecule has 1 saturated heterocycles. The second-order valence-corrected chi connectivity index (χ2v) is 6.11. The summed E-state index contributed by atoms with van der Waals surface area (Å²) in [6, 6.07) is 3.01. The van der Waals surface area contributed by atoms with Gasteiger partial charge in [-0.3, -0.25) is 9.59 Å². The zero-order valence-electron chi connectivity index (χ0n) is 11.5. The normalized spacial score (nSPS) is 27.4. The summed E-state index contributed by atoms with van der Waals surface area (Å²) in [6.07, 6.45) is 0.287. The molecular formula is C14H16ClN3O3. The van der Waals surface area contributed by atoms with E-state index in [1.54, 1.807) is 19.1 Å². The minimum atomic E-state index is -0.781. The Morgan fingerprint density at radius 3 is 3.00 bits per heavy atom. The third kappa shape index (κ3) is 2.39. The minimum Gasteiger partial charge on any atom is -0.379 e. The number of rotatable bonds is 2. The maximum atomic E-state index is 12.5. The monoisotopic (exact) mass is 309 g/mol. The van der Waals surface area contributed by atoms with Crippen LogP contribution in [0.25, 0.3) is 0 Å². The molecule has 1 aromatic carbocycles. The van der Waals surface area contributed by atoms with E-state index in [0.717, 1.165) is 5.56 Å². The van der Waals surface area contributed by atoms with E-state index in [9.17, 15) is 9.59 Å². The molecule has 0 radical (unpaired) electrons. The van der Waals surface area contributed by atoms with Gasteiger partial charge in [0.2, 0.25) is 11.8 Å². The standard InChI is InChI=1S/C14H16ClN3O3/c1-14(6-21-5-11(14)16)13(20)18-10-2-7-3-12(19)17-9(7)4-8(10)15/h2,4,11H,3,5-6,16H2,1H3,(H,17,19)(H,18,20). The van der Waals surface area contributed by atoms with Crippen molar-refractivity contribution < 1.29 is 14.3 Å². The molecule has 7 heteroatoms. The van der Waals surface area contributed by atoms with Gasteiger partial charge in [-0.15, -0.1) is 0 Å². The first-order chi connectivity index (χ1) is 9.90. The van der Waals surface area contributed by atoms with Crippen LogP contribution in [0.5, 0.6) is 0 Å². The minimum absolute atomic E-state index is 0.0808. The molecule has 3 rings (SSSR count). The molecule has 0 aromatic heterocycles. The first kappa shape index (κ1) is 14.3. The second kappa shape index (κ2) is 4.98. The van der Waals surface area contributed by atoms with Gasteiger partial charge in [0.15, 0.2) is 0 Å². The third-order valence-corrected chi connectivity index (χ3v) is 4.42. The maximum absolute atomic E-state index is 12.5. The fourth-order valence-electron chi connectivity index (χ4n) is 2.53. The number of benzene rings is 1. The molecule has 2 amide bonds. The van der Waals surface area contributed by atoms with E-state index in [-0.39, 0.29) is 30.9 Å². The Hall–Kier alpha value is -1.63. The summed E-state index contributed by atoms with van der Waals surface area (Å²) < 4.78 is 5.28. The molecule has 4 N–H and O–H groups in total. The summed E-state index contributed by atoms with van der Waals surface area (Å²) in [6.45, 7) is 2.41. The van der Waals surface area contributed by atoms with Crippen LogP contribution in [0, 0.1) is 5.41 Å². The van der Waals surface area contributed by atoms with Crippen molar-refractivity contribution in [3.05, 3.63) is 22.7 Å². The molecule has 2 unspecified atom stereocenters. The van der Waals surface area contributed by atoms with Gasteiger partial charge in [0.1, 0.15) is 0 Å². The molecule has 2 aliphatic rings. The van der Waals surface area contributed by atoms with Gasteiger partial charge >= 0.3 is 0 Å². The number of carbonyl (C=O) groups is 2. The van der Waals surface area contributed by atoms with Crippen LogP contribution in [0.3, 0.4) is 0 Å². The average molecular weight is 310 g/mol. The van der Waals surface area contributed by atoms with Crippen LogP contribution < -0.4 is 16.4 Å². The molecule has 6 nitrogen and oxygen atoms in total. The number of carbonyl (C=O) groups excluding carboxylic acids is 2. The molecule has 2 atom stereocenters. The number of anilines is 2. The lowest BCUT2D eigenvalue weighted by atomic mass is 9.85. The molecule has 0 saturated carbocycles.